The van der Waals surface area contributed by atoms with Gasteiger partial charge in [-0.15, -0.1) is 24.0 Å². The van der Waals surface area contributed by atoms with Gasteiger partial charge in [0.2, 0.25) is 0 Å². The topological polar surface area (TPSA) is 113 Å². The van der Waals surface area contributed by atoms with Crippen molar-refractivity contribution >= 4 is 36.0 Å². The third kappa shape index (κ3) is 11.9. The average Bonchev–Trinajstić information content (AvgIpc) is 2.69. The number of aliphatic hydroxyl groups excluding tert-OH is 1. The summed E-state index contributed by atoms with van der Waals surface area (Å²) in [4.78, 5) is 16.1. The Bertz CT molecular complexity index is 695. The maximum absolute atomic E-state index is 11.6. The average molecular weight is 552 g/mol. The van der Waals surface area contributed by atoms with Crippen LogP contribution >= 0.6 is 24.0 Å². The van der Waals surface area contributed by atoms with Crippen LogP contribution in [-0.2, 0) is 4.74 Å². The van der Waals surface area contributed by atoms with Gasteiger partial charge in [-0.2, -0.15) is 0 Å². The summed E-state index contributed by atoms with van der Waals surface area (Å²) in [5.41, 5.74) is 0.0949. The summed E-state index contributed by atoms with van der Waals surface area (Å²) >= 11 is 0. The number of alkyl carbamates (subject to hydrolysis) is 1. The fourth-order valence-electron chi connectivity index (χ4n) is 2.52. The van der Waals surface area contributed by atoms with Gasteiger partial charge in [-0.3, -0.25) is 4.99 Å². The molecular weight excluding hydrogens is 515 g/mol. The fraction of sp³-hybridized carbons (Fsp3) is 0.619. The molecule has 0 heterocycles. The minimum Gasteiger partial charge on any atom is -0.497 e. The van der Waals surface area contributed by atoms with Crippen molar-refractivity contribution in [3.8, 4) is 11.5 Å². The Morgan fingerprint density at radius 2 is 1.81 bits per heavy atom. The van der Waals surface area contributed by atoms with Gasteiger partial charge >= 0.3 is 6.09 Å². The molecule has 0 bridgehead atoms. The number of hydrogen-bond donors (Lipinski definition) is 4. The van der Waals surface area contributed by atoms with Crippen molar-refractivity contribution in [3.05, 3.63) is 23.8 Å². The second-order valence-corrected chi connectivity index (χ2v) is 7.55. The lowest BCUT2D eigenvalue weighted by Crippen LogP contribution is -2.39. The summed E-state index contributed by atoms with van der Waals surface area (Å²) < 4.78 is 15.7. The predicted molar refractivity (Wildman–Crippen MR) is 133 cm³/mol. The predicted octanol–water partition coefficient (Wildman–Crippen LogP) is 2.83. The van der Waals surface area contributed by atoms with Crippen LogP contribution in [0, 0.1) is 0 Å². The van der Waals surface area contributed by atoms with Crippen molar-refractivity contribution in [1.29, 1.82) is 0 Å². The number of halogens is 1. The number of nitrogens with one attached hydrogen (secondary N) is 3. The second kappa shape index (κ2) is 15.0. The van der Waals surface area contributed by atoms with E-state index in [1.54, 1.807) is 32.4 Å². The maximum Gasteiger partial charge on any atom is 0.407 e. The number of rotatable bonds is 10. The number of aliphatic hydroxyl groups is 1. The molecule has 0 aliphatic heterocycles. The van der Waals surface area contributed by atoms with E-state index in [1.807, 2.05) is 27.7 Å². The molecule has 1 amide bonds. The van der Waals surface area contributed by atoms with Crippen LogP contribution in [0.25, 0.3) is 0 Å². The van der Waals surface area contributed by atoms with Crippen LogP contribution in [0.4, 0.5) is 4.79 Å². The number of hydrogen-bond acceptors (Lipinski definition) is 6. The zero-order valence-corrected chi connectivity index (χ0v) is 21.6. The maximum atomic E-state index is 11.6. The standard InChI is InChI=1S/C21H36N4O5.HI/c1-7-22-19(23-11-8-12-24-20(27)30-21(2,3)4)25-14-17(26)16-13-15(28-5)9-10-18(16)29-6;/h9-10,13,17,26H,7-8,11-12,14H2,1-6H3,(H,24,27)(H2,22,23,25);1H. The van der Waals surface area contributed by atoms with Crippen molar-refractivity contribution in [3.63, 3.8) is 0 Å². The largest absolute Gasteiger partial charge is 0.497 e. The van der Waals surface area contributed by atoms with E-state index in [2.05, 4.69) is 20.9 Å². The molecule has 1 unspecified atom stereocenters. The number of benzene rings is 1. The summed E-state index contributed by atoms with van der Waals surface area (Å²) in [5.74, 6) is 1.79. The van der Waals surface area contributed by atoms with E-state index in [9.17, 15) is 9.90 Å². The van der Waals surface area contributed by atoms with Gasteiger partial charge in [0.15, 0.2) is 5.96 Å². The smallest absolute Gasteiger partial charge is 0.407 e. The number of carbonyl (C=O) groups is 1. The summed E-state index contributed by atoms with van der Waals surface area (Å²) in [6.07, 6.45) is -0.589. The highest BCUT2D eigenvalue weighted by molar-refractivity contribution is 14.0. The van der Waals surface area contributed by atoms with E-state index in [0.717, 1.165) is 0 Å². The molecule has 0 aromatic heterocycles. The monoisotopic (exact) mass is 552 g/mol. The van der Waals surface area contributed by atoms with Crippen molar-refractivity contribution in [1.82, 2.24) is 16.0 Å². The first-order valence-electron chi connectivity index (χ1n) is 10.1. The Labute approximate surface area is 202 Å². The Morgan fingerprint density at radius 3 is 2.39 bits per heavy atom. The van der Waals surface area contributed by atoms with Gasteiger partial charge in [-0.1, -0.05) is 0 Å². The summed E-state index contributed by atoms with van der Waals surface area (Å²) in [7, 11) is 3.12. The highest BCUT2D eigenvalue weighted by Crippen LogP contribution is 2.29. The minimum absolute atomic E-state index is 0. The first-order chi connectivity index (χ1) is 14.2. The number of ether oxygens (including phenoxy) is 3. The second-order valence-electron chi connectivity index (χ2n) is 7.55. The van der Waals surface area contributed by atoms with Crippen LogP contribution in [0.1, 0.15) is 45.8 Å². The Kier molecular flexibility index (Phi) is 14.0. The van der Waals surface area contributed by atoms with Crippen molar-refractivity contribution in [2.24, 2.45) is 4.99 Å². The van der Waals surface area contributed by atoms with Crippen LogP contribution < -0.4 is 25.4 Å². The van der Waals surface area contributed by atoms with Gasteiger partial charge in [-0.05, 0) is 52.3 Å². The van der Waals surface area contributed by atoms with Crippen molar-refractivity contribution < 1.29 is 24.1 Å². The van der Waals surface area contributed by atoms with E-state index in [1.165, 1.54) is 0 Å². The molecule has 0 aliphatic rings. The Hall–Kier alpha value is -1.95. The molecule has 10 heteroatoms. The lowest BCUT2D eigenvalue weighted by atomic mass is 10.1. The molecular formula is C21H37IN4O5. The van der Waals surface area contributed by atoms with Gasteiger partial charge in [-0.25, -0.2) is 4.79 Å². The molecule has 1 atom stereocenters. The van der Waals surface area contributed by atoms with Crippen molar-refractivity contribution in [2.75, 3.05) is 40.4 Å². The molecule has 1 aromatic rings. The zero-order chi connectivity index (χ0) is 22.6. The van der Waals surface area contributed by atoms with Crippen LogP contribution in [-0.4, -0.2) is 63.2 Å². The highest BCUT2D eigenvalue weighted by atomic mass is 127. The number of amides is 1. The normalized spacial score (nSPS) is 12.3. The van der Waals surface area contributed by atoms with Crippen LogP contribution in [0.15, 0.2) is 23.2 Å². The summed E-state index contributed by atoms with van der Waals surface area (Å²) in [6.45, 7) is 9.33. The lowest BCUT2D eigenvalue weighted by molar-refractivity contribution is 0.0527. The molecule has 1 aromatic carbocycles. The Morgan fingerprint density at radius 1 is 1.13 bits per heavy atom. The Balaban J connectivity index is 0.00000900. The molecule has 9 nitrogen and oxygen atoms in total. The van der Waals surface area contributed by atoms with E-state index in [4.69, 9.17) is 14.2 Å². The molecule has 178 valence electrons. The van der Waals surface area contributed by atoms with E-state index >= 15 is 0 Å². The number of guanidine groups is 1. The molecule has 31 heavy (non-hydrogen) atoms. The number of methoxy groups -OCH3 is 2. The zero-order valence-electron chi connectivity index (χ0n) is 19.3. The quantitative estimate of drug-likeness (QED) is 0.153. The molecule has 1 rings (SSSR count). The molecule has 0 fully saturated rings. The van der Waals surface area contributed by atoms with Gasteiger partial charge in [0.25, 0.3) is 0 Å². The van der Waals surface area contributed by atoms with Crippen molar-refractivity contribution in [2.45, 2.75) is 45.8 Å². The molecule has 0 saturated heterocycles. The summed E-state index contributed by atoms with van der Waals surface area (Å²) in [5, 5.41) is 19.6. The number of nitrogens with zero attached hydrogens (tertiary/aromatic N) is 1. The summed E-state index contributed by atoms with van der Waals surface area (Å²) in [6, 6.07) is 5.26. The SMILES string of the molecule is CCNC(=NCC(O)c1cc(OC)ccc1OC)NCCCNC(=O)OC(C)(C)C.I. The van der Waals surface area contributed by atoms with Gasteiger partial charge in [0, 0.05) is 25.2 Å². The lowest BCUT2D eigenvalue weighted by Gasteiger charge is -2.19. The molecule has 0 spiro atoms. The van der Waals surface area contributed by atoms with Gasteiger partial charge in [0.05, 0.1) is 20.8 Å². The fourth-order valence-corrected chi connectivity index (χ4v) is 2.52. The third-order valence-electron chi connectivity index (χ3n) is 3.88. The van der Waals surface area contributed by atoms with Gasteiger partial charge < -0.3 is 35.3 Å². The van der Waals surface area contributed by atoms with E-state index < -0.39 is 17.8 Å². The molecule has 0 saturated carbocycles. The first kappa shape index (κ1) is 29.1. The molecule has 4 N–H and O–H groups in total. The van der Waals surface area contributed by atoms with Crippen LogP contribution in [0.2, 0.25) is 0 Å². The van der Waals surface area contributed by atoms with E-state index in [-0.39, 0.29) is 30.5 Å². The van der Waals surface area contributed by atoms with E-state index in [0.29, 0.717) is 49.1 Å². The van der Waals surface area contributed by atoms with Crippen LogP contribution in [0.3, 0.4) is 0 Å². The highest BCUT2D eigenvalue weighted by Gasteiger charge is 2.16. The minimum atomic E-state index is -0.848. The molecule has 0 aliphatic carbocycles. The third-order valence-corrected chi connectivity index (χ3v) is 3.88. The number of carbonyl (C=O) groups excluding carboxylic acids is 1. The molecule has 0 radical (unpaired) electrons. The number of aliphatic imine (C=N–C) groups is 1. The first-order valence-corrected chi connectivity index (χ1v) is 10.1. The van der Waals surface area contributed by atoms with Gasteiger partial charge in [0.1, 0.15) is 23.2 Å². The van der Waals surface area contributed by atoms with Crippen LogP contribution in [0.5, 0.6) is 11.5 Å².